The maximum atomic E-state index is 12.6. The summed E-state index contributed by atoms with van der Waals surface area (Å²) in [6, 6.07) is 7.13. The standard InChI is InChI=1S/C15H24N2O2S/c1-13-6-5-7-14(12-13)20(18,19)17-10-8-16(9-11-17)15(2,3)4/h5-7,12H,8-11H2,1-4H3. The average Bonchev–Trinajstić information content (AvgIpc) is 2.38. The van der Waals surface area contributed by atoms with E-state index in [0.717, 1.165) is 18.7 Å². The second kappa shape index (κ2) is 5.47. The first kappa shape index (κ1) is 15.5. The molecular weight excluding hydrogens is 272 g/mol. The van der Waals surface area contributed by atoms with Gasteiger partial charge in [0.1, 0.15) is 0 Å². The van der Waals surface area contributed by atoms with Crippen LogP contribution in [0.3, 0.4) is 0 Å². The first-order valence-corrected chi connectivity index (χ1v) is 8.47. The van der Waals surface area contributed by atoms with Gasteiger partial charge in [0.2, 0.25) is 10.0 Å². The van der Waals surface area contributed by atoms with Gasteiger partial charge in [0, 0.05) is 31.7 Å². The minimum Gasteiger partial charge on any atom is -0.296 e. The van der Waals surface area contributed by atoms with Crippen molar-refractivity contribution in [1.82, 2.24) is 9.21 Å². The second-order valence-corrected chi connectivity index (χ2v) is 8.32. The molecule has 1 fully saturated rings. The molecule has 1 aliphatic rings. The van der Waals surface area contributed by atoms with E-state index < -0.39 is 10.0 Å². The Morgan fingerprint density at radius 3 is 2.15 bits per heavy atom. The Kier molecular flexibility index (Phi) is 4.23. The van der Waals surface area contributed by atoms with Crippen molar-refractivity contribution in [2.24, 2.45) is 0 Å². The van der Waals surface area contributed by atoms with Crippen LogP contribution in [0.25, 0.3) is 0 Å². The number of nitrogens with zero attached hydrogens (tertiary/aromatic N) is 2. The van der Waals surface area contributed by atoms with E-state index in [-0.39, 0.29) is 5.54 Å². The van der Waals surface area contributed by atoms with Crippen molar-refractivity contribution in [2.75, 3.05) is 26.2 Å². The highest BCUT2D eigenvalue weighted by molar-refractivity contribution is 7.89. The molecule has 0 bridgehead atoms. The van der Waals surface area contributed by atoms with Gasteiger partial charge in [-0.3, -0.25) is 4.90 Å². The molecule has 1 aliphatic heterocycles. The van der Waals surface area contributed by atoms with Gasteiger partial charge in [0.05, 0.1) is 4.90 Å². The molecule has 112 valence electrons. The summed E-state index contributed by atoms with van der Waals surface area (Å²) >= 11 is 0. The summed E-state index contributed by atoms with van der Waals surface area (Å²) < 4.78 is 26.8. The van der Waals surface area contributed by atoms with E-state index in [2.05, 4.69) is 25.7 Å². The smallest absolute Gasteiger partial charge is 0.243 e. The molecule has 0 radical (unpaired) electrons. The number of hydrogen-bond donors (Lipinski definition) is 0. The fourth-order valence-electron chi connectivity index (χ4n) is 2.52. The largest absolute Gasteiger partial charge is 0.296 e. The zero-order valence-electron chi connectivity index (χ0n) is 12.8. The number of aryl methyl sites for hydroxylation is 1. The van der Waals surface area contributed by atoms with Crippen LogP contribution < -0.4 is 0 Å². The van der Waals surface area contributed by atoms with Crippen LogP contribution in [-0.4, -0.2) is 49.3 Å². The molecule has 5 heteroatoms. The maximum Gasteiger partial charge on any atom is 0.243 e. The third kappa shape index (κ3) is 3.22. The van der Waals surface area contributed by atoms with Crippen molar-refractivity contribution in [3.05, 3.63) is 29.8 Å². The maximum absolute atomic E-state index is 12.6. The lowest BCUT2D eigenvalue weighted by atomic mass is 10.1. The minimum absolute atomic E-state index is 0.0964. The number of benzene rings is 1. The Bertz CT molecular complexity index is 568. The van der Waals surface area contributed by atoms with E-state index in [4.69, 9.17) is 0 Å². The third-order valence-corrected chi connectivity index (χ3v) is 5.71. The number of piperazine rings is 1. The summed E-state index contributed by atoms with van der Waals surface area (Å²) in [5, 5.41) is 0. The Hall–Kier alpha value is -0.910. The van der Waals surface area contributed by atoms with Gasteiger partial charge in [-0.05, 0) is 45.4 Å². The fraction of sp³-hybridized carbons (Fsp3) is 0.600. The van der Waals surface area contributed by atoms with Gasteiger partial charge in [-0.15, -0.1) is 0 Å². The van der Waals surface area contributed by atoms with Crippen LogP contribution in [0, 0.1) is 6.92 Å². The Labute approximate surface area is 122 Å². The Balaban J connectivity index is 2.14. The van der Waals surface area contributed by atoms with Crippen molar-refractivity contribution < 1.29 is 8.42 Å². The molecule has 1 saturated heterocycles. The molecule has 0 aromatic heterocycles. The Morgan fingerprint density at radius 2 is 1.65 bits per heavy atom. The molecule has 1 aromatic rings. The van der Waals surface area contributed by atoms with Crippen LogP contribution in [0.1, 0.15) is 26.3 Å². The molecule has 0 amide bonds. The predicted molar refractivity (Wildman–Crippen MR) is 81.3 cm³/mol. The van der Waals surface area contributed by atoms with Crippen molar-refractivity contribution in [1.29, 1.82) is 0 Å². The first-order valence-electron chi connectivity index (χ1n) is 7.03. The lowest BCUT2D eigenvalue weighted by Crippen LogP contribution is -2.54. The topological polar surface area (TPSA) is 40.6 Å². The predicted octanol–water partition coefficient (Wildman–Crippen LogP) is 2.10. The minimum atomic E-state index is -3.35. The summed E-state index contributed by atoms with van der Waals surface area (Å²) in [7, 11) is -3.35. The van der Waals surface area contributed by atoms with Crippen LogP contribution in [0.4, 0.5) is 0 Å². The second-order valence-electron chi connectivity index (χ2n) is 6.38. The molecular formula is C15H24N2O2S. The summed E-state index contributed by atoms with van der Waals surface area (Å²) in [5.74, 6) is 0. The zero-order valence-corrected chi connectivity index (χ0v) is 13.6. The monoisotopic (exact) mass is 296 g/mol. The molecule has 0 aliphatic carbocycles. The molecule has 1 heterocycles. The average molecular weight is 296 g/mol. The molecule has 0 atom stereocenters. The van der Waals surface area contributed by atoms with Gasteiger partial charge in [0.25, 0.3) is 0 Å². The first-order chi connectivity index (χ1) is 9.21. The van der Waals surface area contributed by atoms with E-state index in [0.29, 0.717) is 18.0 Å². The lowest BCUT2D eigenvalue weighted by Gasteiger charge is -2.41. The normalized spacial score (nSPS) is 19.2. The fourth-order valence-corrected chi connectivity index (χ4v) is 4.05. The van der Waals surface area contributed by atoms with Crippen molar-refractivity contribution >= 4 is 10.0 Å². The van der Waals surface area contributed by atoms with Gasteiger partial charge in [-0.2, -0.15) is 4.31 Å². The molecule has 0 N–H and O–H groups in total. The highest BCUT2D eigenvalue weighted by Gasteiger charge is 2.32. The number of sulfonamides is 1. The summed E-state index contributed by atoms with van der Waals surface area (Å²) in [6.45, 7) is 11.1. The van der Waals surface area contributed by atoms with Gasteiger partial charge in [-0.25, -0.2) is 8.42 Å². The van der Waals surface area contributed by atoms with E-state index in [1.54, 1.807) is 22.5 Å². The van der Waals surface area contributed by atoms with Crippen molar-refractivity contribution in [3.63, 3.8) is 0 Å². The molecule has 0 saturated carbocycles. The Morgan fingerprint density at radius 1 is 1.05 bits per heavy atom. The van der Waals surface area contributed by atoms with Crippen LogP contribution in [0.15, 0.2) is 29.2 Å². The van der Waals surface area contributed by atoms with Gasteiger partial charge in [-0.1, -0.05) is 12.1 Å². The van der Waals surface area contributed by atoms with E-state index in [9.17, 15) is 8.42 Å². The van der Waals surface area contributed by atoms with Crippen LogP contribution in [0.5, 0.6) is 0 Å². The van der Waals surface area contributed by atoms with Crippen molar-refractivity contribution in [2.45, 2.75) is 38.1 Å². The van der Waals surface area contributed by atoms with Crippen LogP contribution in [0.2, 0.25) is 0 Å². The highest BCUT2D eigenvalue weighted by atomic mass is 32.2. The lowest BCUT2D eigenvalue weighted by molar-refractivity contribution is 0.0922. The van der Waals surface area contributed by atoms with E-state index >= 15 is 0 Å². The summed E-state index contributed by atoms with van der Waals surface area (Å²) in [4.78, 5) is 2.73. The highest BCUT2D eigenvalue weighted by Crippen LogP contribution is 2.21. The molecule has 2 rings (SSSR count). The summed E-state index contributed by atoms with van der Waals surface area (Å²) in [5.41, 5.74) is 1.07. The molecule has 20 heavy (non-hydrogen) atoms. The quantitative estimate of drug-likeness (QED) is 0.839. The molecule has 4 nitrogen and oxygen atoms in total. The van der Waals surface area contributed by atoms with Crippen molar-refractivity contribution in [3.8, 4) is 0 Å². The molecule has 1 aromatic carbocycles. The number of rotatable bonds is 2. The van der Waals surface area contributed by atoms with Gasteiger partial charge >= 0.3 is 0 Å². The van der Waals surface area contributed by atoms with E-state index in [1.165, 1.54) is 0 Å². The van der Waals surface area contributed by atoms with Crippen LogP contribution >= 0.6 is 0 Å². The van der Waals surface area contributed by atoms with Gasteiger partial charge < -0.3 is 0 Å². The SMILES string of the molecule is Cc1cccc(S(=O)(=O)N2CCN(C(C)(C)C)CC2)c1. The van der Waals surface area contributed by atoms with E-state index in [1.807, 2.05) is 13.0 Å². The summed E-state index contributed by atoms with van der Waals surface area (Å²) in [6.07, 6.45) is 0. The molecule has 0 spiro atoms. The zero-order chi connectivity index (χ0) is 15.0. The van der Waals surface area contributed by atoms with Crippen LogP contribution in [-0.2, 0) is 10.0 Å². The number of hydrogen-bond acceptors (Lipinski definition) is 3. The third-order valence-electron chi connectivity index (χ3n) is 3.81. The molecule has 0 unspecified atom stereocenters. The van der Waals surface area contributed by atoms with Gasteiger partial charge in [0.15, 0.2) is 0 Å².